The van der Waals surface area contributed by atoms with Crippen molar-refractivity contribution in [3.05, 3.63) is 35.4 Å². The van der Waals surface area contributed by atoms with E-state index in [-0.39, 0.29) is 11.9 Å². The number of rotatable bonds is 3. The van der Waals surface area contributed by atoms with Crippen molar-refractivity contribution in [3.8, 4) is 0 Å². The molecule has 1 unspecified atom stereocenters. The molecule has 108 valence electrons. The van der Waals surface area contributed by atoms with Crippen LogP contribution in [0.25, 0.3) is 0 Å². The highest BCUT2D eigenvalue weighted by atomic mass is 32.2. The minimum Gasteiger partial charge on any atom is -0.464 e. The number of nitrogens with zero attached hydrogens (tertiary/aromatic N) is 1. The van der Waals surface area contributed by atoms with Gasteiger partial charge in [-0.1, -0.05) is 18.2 Å². The van der Waals surface area contributed by atoms with Crippen molar-refractivity contribution in [3.63, 3.8) is 0 Å². The number of carbonyl (C=O) groups is 2. The summed E-state index contributed by atoms with van der Waals surface area (Å²) in [5.74, 6) is 1.08. The van der Waals surface area contributed by atoms with Gasteiger partial charge in [-0.05, 0) is 25.5 Å². The zero-order chi connectivity index (χ0) is 14.5. The number of ether oxygens (including phenoxy) is 1. The van der Waals surface area contributed by atoms with Crippen molar-refractivity contribution < 1.29 is 14.3 Å². The van der Waals surface area contributed by atoms with Gasteiger partial charge in [0.1, 0.15) is 6.04 Å². The first-order valence-corrected chi connectivity index (χ1v) is 7.91. The number of thioether (sulfide) groups is 1. The van der Waals surface area contributed by atoms with Crippen molar-refractivity contribution in [2.24, 2.45) is 0 Å². The maximum absolute atomic E-state index is 12.6. The molecule has 1 aliphatic heterocycles. The van der Waals surface area contributed by atoms with Gasteiger partial charge in [0.2, 0.25) is 0 Å². The summed E-state index contributed by atoms with van der Waals surface area (Å²) in [5, 5.41) is 0. The predicted octanol–water partition coefficient (Wildman–Crippen LogP) is 2.12. The van der Waals surface area contributed by atoms with Crippen molar-refractivity contribution in [1.29, 1.82) is 0 Å². The maximum Gasteiger partial charge on any atom is 0.329 e. The molecule has 1 aromatic carbocycles. The first kappa shape index (κ1) is 14.9. The van der Waals surface area contributed by atoms with Crippen LogP contribution in [0.4, 0.5) is 0 Å². The Bertz CT molecular complexity index is 504. The monoisotopic (exact) mass is 293 g/mol. The van der Waals surface area contributed by atoms with E-state index in [1.807, 2.05) is 31.2 Å². The Morgan fingerprint density at radius 1 is 1.40 bits per heavy atom. The van der Waals surface area contributed by atoms with Crippen LogP contribution in [0.1, 0.15) is 22.8 Å². The lowest BCUT2D eigenvalue weighted by Gasteiger charge is -2.34. The van der Waals surface area contributed by atoms with E-state index in [1.54, 1.807) is 23.6 Å². The third-order valence-corrected chi connectivity index (χ3v) is 4.35. The molecule has 1 amide bonds. The van der Waals surface area contributed by atoms with E-state index in [0.717, 1.165) is 11.3 Å². The third-order valence-electron chi connectivity index (χ3n) is 3.32. The molecule has 0 saturated carbocycles. The molecule has 4 nitrogen and oxygen atoms in total. The van der Waals surface area contributed by atoms with Crippen molar-refractivity contribution in [2.45, 2.75) is 19.9 Å². The molecule has 1 aromatic rings. The van der Waals surface area contributed by atoms with Crippen LogP contribution in [0.2, 0.25) is 0 Å². The largest absolute Gasteiger partial charge is 0.464 e. The van der Waals surface area contributed by atoms with Crippen LogP contribution in [-0.2, 0) is 9.53 Å². The van der Waals surface area contributed by atoms with E-state index in [9.17, 15) is 9.59 Å². The lowest BCUT2D eigenvalue weighted by atomic mass is 10.1. The normalized spacial score (nSPS) is 18.7. The van der Waals surface area contributed by atoms with Gasteiger partial charge in [-0.3, -0.25) is 4.79 Å². The van der Waals surface area contributed by atoms with Gasteiger partial charge in [0.05, 0.1) is 6.61 Å². The highest BCUT2D eigenvalue weighted by molar-refractivity contribution is 7.99. The van der Waals surface area contributed by atoms with Gasteiger partial charge in [0.15, 0.2) is 0 Å². The SMILES string of the molecule is CCOC(=O)C1CSCCN1C(=O)c1ccccc1C. The topological polar surface area (TPSA) is 46.6 Å². The van der Waals surface area contributed by atoms with Crippen molar-refractivity contribution >= 4 is 23.6 Å². The summed E-state index contributed by atoms with van der Waals surface area (Å²) in [6.45, 7) is 4.61. The number of amides is 1. The molecule has 1 heterocycles. The van der Waals surface area contributed by atoms with E-state index < -0.39 is 6.04 Å². The molecule has 1 saturated heterocycles. The molecule has 0 bridgehead atoms. The molecule has 1 aliphatic rings. The molecule has 20 heavy (non-hydrogen) atoms. The molecule has 5 heteroatoms. The number of hydrogen-bond acceptors (Lipinski definition) is 4. The van der Waals surface area contributed by atoms with Gasteiger partial charge in [-0.2, -0.15) is 11.8 Å². The molecule has 1 atom stereocenters. The van der Waals surface area contributed by atoms with Crippen LogP contribution in [-0.4, -0.2) is 47.5 Å². The number of esters is 1. The second-order valence-electron chi connectivity index (χ2n) is 4.66. The van der Waals surface area contributed by atoms with Gasteiger partial charge >= 0.3 is 5.97 Å². The molecule has 0 aromatic heterocycles. The van der Waals surface area contributed by atoms with E-state index in [2.05, 4.69) is 0 Å². The van der Waals surface area contributed by atoms with Crippen LogP contribution < -0.4 is 0 Å². The molecule has 1 fully saturated rings. The lowest BCUT2D eigenvalue weighted by molar-refractivity contribution is -0.147. The molecule has 2 rings (SSSR count). The van der Waals surface area contributed by atoms with Crippen LogP contribution in [0.5, 0.6) is 0 Å². The smallest absolute Gasteiger partial charge is 0.329 e. The Morgan fingerprint density at radius 3 is 2.85 bits per heavy atom. The summed E-state index contributed by atoms with van der Waals surface area (Å²) in [4.78, 5) is 26.3. The van der Waals surface area contributed by atoms with Crippen LogP contribution in [0.15, 0.2) is 24.3 Å². The molecular formula is C15H19NO3S. The lowest BCUT2D eigenvalue weighted by Crippen LogP contribution is -2.51. The minimum absolute atomic E-state index is 0.0820. The standard InChI is InChI=1S/C15H19NO3S/c1-3-19-15(18)13-10-20-9-8-16(13)14(17)12-7-5-4-6-11(12)2/h4-7,13H,3,8-10H2,1-2H3. The Labute approximate surface area is 123 Å². The van der Waals surface area contributed by atoms with Crippen LogP contribution in [0.3, 0.4) is 0 Å². The summed E-state index contributed by atoms with van der Waals surface area (Å²) in [5.41, 5.74) is 1.59. The fourth-order valence-electron chi connectivity index (χ4n) is 2.25. The zero-order valence-electron chi connectivity index (χ0n) is 11.8. The fourth-order valence-corrected chi connectivity index (χ4v) is 3.28. The highest BCUT2D eigenvalue weighted by Crippen LogP contribution is 2.21. The van der Waals surface area contributed by atoms with Crippen molar-refractivity contribution in [1.82, 2.24) is 4.90 Å². The van der Waals surface area contributed by atoms with E-state index in [4.69, 9.17) is 4.74 Å². The summed E-state index contributed by atoms with van der Waals surface area (Å²) in [7, 11) is 0. The number of carbonyl (C=O) groups excluding carboxylic acids is 2. The van der Waals surface area contributed by atoms with Crippen LogP contribution in [0, 0.1) is 6.92 Å². The van der Waals surface area contributed by atoms with Gasteiger partial charge in [0, 0.05) is 23.6 Å². The molecule has 0 radical (unpaired) electrons. The fraction of sp³-hybridized carbons (Fsp3) is 0.467. The van der Waals surface area contributed by atoms with Gasteiger partial charge in [0.25, 0.3) is 5.91 Å². The maximum atomic E-state index is 12.6. The summed E-state index contributed by atoms with van der Waals surface area (Å²) in [6, 6.07) is 6.99. The third kappa shape index (κ3) is 3.15. The quantitative estimate of drug-likeness (QED) is 0.801. The highest BCUT2D eigenvalue weighted by Gasteiger charge is 2.34. The average molecular weight is 293 g/mol. The molecular weight excluding hydrogens is 274 g/mol. The Kier molecular flexibility index (Phi) is 5.06. The van der Waals surface area contributed by atoms with Gasteiger partial charge < -0.3 is 9.64 Å². The van der Waals surface area contributed by atoms with Crippen molar-refractivity contribution in [2.75, 3.05) is 24.7 Å². The van der Waals surface area contributed by atoms with Crippen LogP contribution >= 0.6 is 11.8 Å². The molecule has 0 aliphatic carbocycles. The summed E-state index contributed by atoms with van der Waals surface area (Å²) >= 11 is 1.68. The first-order chi connectivity index (χ1) is 9.65. The predicted molar refractivity (Wildman–Crippen MR) is 80.0 cm³/mol. The minimum atomic E-state index is -0.471. The summed E-state index contributed by atoms with van der Waals surface area (Å²) < 4.78 is 5.08. The van der Waals surface area contributed by atoms with Gasteiger partial charge in [-0.25, -0.2) is 4.79 Å². The Balaban J connectivity index is 2.22. The van der Waals surface area contributed by atoms with E-state index >= 15 is 0 Å². The molecule has 0 spiro atoms. The van der Waals surface area contributed by atoms with E-state index in [1.165, 1.54) is 0 Å². The second-order valence-corrected chi connectivity index (χ2v) is 5.81. The Morgan fingerprint density at radius 2 is 2.15 bits per heavy atom. The average Bonchev–Trinajstić information content (AvgIpc) is 2.47. The second kappa shape index (κ2) is 6.79. The first-order valence-electron chi connectivity index (χ1n) is 6.76. The Hall–Kier alpha value is -1.49. The number of hydrogen-bond donors (Lipinski definition) is 0. The van der Waals surface area contributed by atoms with Gasteiger partial charge in [-0.15, -0.1) is 0 Å². The number of benzene rings is 1. The zero-order valence-corrected chi connectivity index (χ0v) is 12.6. The number of aryl methyl sites for hydroxylation is 1. The summed E-state index contributed by atoms with van der Waals surface area (Å²) in [6.07, 6.45) is 0. The van der Waals surface area contributed by atoms with E-state index in [0.29, 0.717) is 24.5 Å². The molecule has 0 N–H and O–H groups in total.